The minimum absolute atomic E-state index is 0.276. The van der Waals surface area contributed by atoms with Crippen LogP contribution in [0, 0.1) is 5.41 Å². The van der Waals surface area contributed by atoms with Gasteiger partial charge in [-0.3, -0.25) is 9.59 Å². The number of carbonyl (C=O) groups is 2. The summed E-state index contributed by atoms with van der Waals surface area (Å²) in [4.78, 5) is 21.6. The first-order valence-corrected chi connectivity index (χ1v) is 9.72. The summed E-state index contributed by atoms with van der Waals surface area (Å²) >= 11 is 0. The molecule has 0 aliphatic rings. The number of hydrogen-bond acceptors (Lipinski definition) is 4. The second-order valence-electron chi connectivity index (χ2n) is 8.58. The van der Waals surface area contributed by atoms with Crippen molar-refractivity contribution < 1.29 is 24.5 Å². The van der Waals surface area contributed by atoms with E-state index in [4.69, 9.17) is 9.84 Å². The monoisotopic (exact) mass is 378 g/mol. The third-order valence-corrected chi connectivity index (χ3v) is 4.99. The van der Waals surface area contributed by atoms with Crippen molar-refractivity contribution in [2.75, 3.05) is 0 Å². The van der Waals surface area contributed by atoms with Crippen LogP contribution in [-0.2, 0) is 27.2 Å². The Bertz CT molecular complexity index is 619. The van der Waals surface area contributed by atoms with Gasteiger partial charge in [-0.15, -0.1) is 0 Å². The van der Waals surface area contributed by atoms with Crippen molar-refractivity contribution >= 4 is 12.4 Å². The van der Waals surface area contributed by atoms with Crippen LogP contribution in [0.1, 0.15) is 77.3 Å². The fourth-order valence-electron chi connectivity index (χ4n) is 3.10. The van der Waals surface area contributed by atoms with Crippen LogP contribution >= 0.6 is 0 Å². The minimum atomic E-state index is -0.760. The van der Waals surface area contributed by atoms with E-state index in [2.05, 4.69) is 6.07 Å². The van der Waals surface area contributed by atoms with Crippen molar-refractivity contribution in [3.8, 4) is 5.75 Å². The lowest BCUT2D eigenvalue weighted by atomic mass is 9.87. The predicted molar refractivity (Wildman–Crippen MR) is 106 cm³/mol. The van der Waals surface area contributed by atoms with Gasteiger partial charge < -0.3 is 14.9 Å². The maximum Gasteiger partial charge on any atom is 0.309 e. The van der Waals surface area contributed by atoms with Crippen LogP contribution in [0.2, 0.25) is 0 Å². The summed E-state index contributed by atoms with van der Waals surface area (Å²) in [7, 11) is 0. The Labute approximate surface area is 162 Å². The Kier molecular flexibility index (Phi) is 8.80. The molecule has 0 saturated heterocycles. The van der Waals surface area contributed by atoms with Crippen LogP contribution in [0.5, 0.6) is 5.75 Å². The molecule has 0 aromatic heterocycles. The van der Waals surface area contributed by atoms with Crippen LogP contribution in [0.25, 0.3) is 0 Å². The second-order valence-corrected chi connectivity index (χ2v) is 8.58. The van der Waals surface area contributed by atoms with Gasteiger partial charge >= 0.3 is 5.97 Å². The van der Waals surface area contributed by atoms with E-state index in [0.717, 1.165) is 56.1 Å². The average molecular weight is 379 g/mol. The molecule has 2 N–H and O–H groups in total. The van der Waals surface area contributed by atoms with Gasteiger partial charge in [-0.2, -0.15) is 0 Å². The van der Waals surface area contributed by atoms with Crippen molar-refractivity contribution in [3.63, 3.8) is 0 Å². The first-order valence-electron chi connectivity index (χ1n) is 9.72. The van der Waals surface area contributed by atoms with Crippen LogP contribution in [0.4, 0.5) is 0 Å². The summed E-state index contributed by atoms with van der Waals surface area (Å²) in [6.45, 7) is 7.81. The van der Waals surface area contributed by atoms with E-state index in [9.17, 15) is 14.7 Å². The number of carboxylic acid groups (broad SMARTS) is 1. The minimum Gasteiger partial charge on any atom is -0.508 e. The number of carbonyl (C=O) groups excluding carboxylic acids is 1. The molecule has 0 heterocycles. The smallest absolute Gasteiger partial charge is 0.309 e. The highest BCUT2D eigenvalue weighted by Crippen LogP contribution is 2.25. The maximum absolute atomic E-state index is 11.1. The summed E-state index contributed by atoms with van der Waals surface area (Å²) in [6, 6.07) is 5.70. The number of aliphatic carboxylic acids is 1. The summed E-state index contributed by atoms with van der Waals surface area (Å²) in [5.74, 6) is -0.484. The summed E-state index contributed by atoms with van der Waals surface area (Å²) in [5.41, 5.74) is 1.06. The number of unbranched alkanes of at least 4 members (excludes halogenated alkanes) is 2. The number of rotatable bonds is 13. The van der Waals surface area contributed by atoms with Gasteiger partial charge in [0.15, 0.2) is 0 Å². The molecule has 1 aromatic rings. The first kappa shape index (κ1) is 23.0. The molecule has 0 spiro atoms. The molecule has 0 radical (unpaired) electrons. The number of phenolic OH excluding ortho intramolecular Hbond substituents is 1. The lowest BCUT2D eigenvalue weighted by Gasteiger charge is -2.22. The van der Waals surface area contributed by atoms with Gasteiger partial charge in [-0.1, -0.05) is 12.5 Å². The number of aromatic hydroxyl groups is 1. The van der Waals surface area contributed by atoms with Crippen LogP contribution in [-0.4, -0.2) is 28.3 Å². The van der Waals surface area contributed by atoms with Gasteiger partial charge in [-0.25, -0.2) is 0 Å². The molecular weight excluding hydrogens is 344 g/mol. The SMILES string of the molecule is CC(C)(CCCCc1cc(O)cc(CCCCC(C)(C)C(=O)O)c1)OC=O. The Morgan fingerprint density at radius 3 is 1.96 bits per heavy atom. The van der Waals surface area contributed by atoms with E-state index in [-0.39, 0.29) is 5.75 Å². The van der Waals surface area contributed by atoms with Gasteiger partial charge in [0, 0.05) is 0 Å². The van der Waals surface area contributed by atoms with Crippen molar-refractivity contribution in [2.24, 2.45) is 5.41 Å². The number of ether oxygens (including phenoxy) is 1. The number of aryl methyl sites for hydroxylation is 2. The highest BCUT2D eigenvalue weighted by Gasteiger charge is 2.26. The van der Waals surface area contributed by atoms with Gasteiger partial charge in [0.25, 0.3) is 6.47 Å². The third kappa shape index (κ3) is 8.94. The van der Waals surface area contributed by atoms with Gasteiger partial charge in [0.2, 0.25) is 0 Å². The maximum atomic E-state index is 11.1. The molecule has 0 aliphatic heterocycles. The quantitative estimate of drug-likeness (QED) is 0.377. The van der Waals surface area contributed by atoms with E-state index < -0.39 is 17.0 Å². The van der Waals surface area contributed by atoms with E-state index in [1.54, 1.807) is 26.0 Å². The zero-order valence-electron chi connectivity index (χ0n) is 17.1. The molecule has 0 amide bonds. The van der Waals surface area contributed by atoms with Gasteiger partial charge in [-0.05, 0) is 95.9 Å². The van der Waals surface area contributed by atoms with Crippen molar-refractivity contribution in [1.82, 2.24) is 0 Å². The van der Waals surface area contributed by atoms with Crippen molar-refractivity contribution in [3.05, 3.63) is 29.3 Å². The predicted octanol–water partition coefficient (Wildman–Crippen LogP) is 4.88. The van der Waals surface area contributed by atoms with Crippen LogP contribution in [0.15, 0.2) is 18.2 Å². The Hall–Kier alpha value is -2.04. The standard InChI is InChI=1S/C22H34O5/c1-21(2,20(25)26)11-7-5-9-17-13-18(15-19(24)14-17)10-6-8-12-22(3,4)27-16-23/h13-16,24H,5-12H2,1-4H3,(H,25,26). The number of hydrogen-bond donors (Lipinski definition) is 2. The van der Waals surface area contributed by atoms with Crippen molar-refractivity contribution in [1.29, 1.82) is 0 Å². The molecule has 5 nitrogen and oxygen atoms in total. The van der Waals surface area contributed by atoms with E-state index in [1.165, 1.54) is 0 Å². The van der Waals surface area contributed by atoms with E-state index >= 15 is 0 Å². The first-order chi connectivity index (χ1) is 12.6. The number of carboxylic acids is 1. The topological polar surface area (TPSA) is 83.8 Å². The molecule has 1 aromatic carbocycles. The highest BCUT2D eigenvalue weighted by atomic mass is 16.5. The number of phenols is 1. The molecule has 0 fully saturated rings. The molecule has 0 bridgehead atoms. The summed E-state index contributed by atoms with van der Waals surface area (Å²) < 4.78 is 5.06. The largest absolute Gasteiger partial charge is 0.508 e. The molecule has 0 aliphatic carbocycles. The Morgan fingerprint density at radius 1 is 0.963 bits per heavy atom. The second kappa shape index (κ2) is 10.3. The zero-order chi connectivity index (χ0) is 20.5. The molecule has 27 heavy (non-hydrogen) atoms. The van der Waals surface area contributed by atoms with Gasteiger partial charge in [0.05, 0.1) is 5.41 Å². The molecule has 0 atom stereocenters. The lowest BCUT2D eigenvalue weighted by molar-refractivity contribution is -0.147. The van der Waals surface area contributed by atoms with Crippen LogP contribution < -0.4 is 0 Å². The molecule has 0 saturated carbocycles. The molecule has 0 unspecified atom stereocenters. The van der Waals surface area contributed by atoms with Crippen LogP contribution in [0.3, 0.4) is 0 Å². The summed E-state index contributed by atoms with van der Waals surface area (Å²) in [6.07, 6.45) is 6.79. The fraction of sp³-hybridized carbons (Fsp3) is 0.636. The Morgan fingerprint density at radius 2 is 1.48 bits per heavy atom. The molecular formula is C22H34O5. The summed E-state index contributed by atoms with van der Waals surface area (Å²) in [5, 5.41) is 19.1. The molecule has 1 rings (SSSR count). The normalized spacial score (nSPS) is 12.0. The molecule has 152 valence electrons. The Balaban J connectivity index is 2.45. The fourth-order valence-corrected chi connectivity index (χ4v) is 3.10. The van der Waals surface area contributed by atoms with E-state index in [0.29, 0.717) is 12.9 Å². The average Bonchev–Trinajstić information content (AvgIpc) is 2.55. The number of benzene rings is 1. The van der Waals surface area contributed by atoms with Gasteiger partial charge in [0.1, 0.15) is 11.4 Å². The third-order valence-electron chi connectivity index (χ3n) is 4.99. The lowest BCUT2D eigenvalue weighted by Crippen LogP contribution is -2.23. The van der Waals surface area contributed by atoms with Crippen molar-refractivity contribution in [2.45, 2.75) is 84.7 Å². The zero-order valence-corrected chi connectivity index (χ0v) is 17.1. The van der Waals surface area contributed by atoms with E-state index in [1.807, 2.05) is 13.8 Å². The molecule has 5 heteroatoms. The highest BCUT2D eigenvalue weighted by molar-refractivity contribution is 5.73.